The second kappa shape index (κ2) is 9.45. The minimum absolute atomic E-state index is 0.348. The summed E-state index contributed by atoms with van der Waals surface area (Å²) in [6.45, 7) is 8.30. The summed E-state index contributed by atoms with van der Waals surface area (Å²) in [6.07, 6.45) is 4.91. The van der Waals surface area contributed by atoms with Gasteiger partial charge in [-0.15, -0.1) is 0 Å². The maximum atomic E-state index is 6.09. The van der Waals surface area contributed by atoms with Crippen molar-refractivity contribution in [2.75, 3.05) is 45.6 Å². The number of nitrogen functional groups attached to an aromatic ring is 1. The molecule has 0 radical (unpaired) electrons. The monoisotopic (exact) mass is 408 g/mol. The molecule has 0 aliphatic carbocycles. The van der Waals surface area contributed by atoms with Crippen LogP contribution in [0.15, 0.2) is 30.5 Å². The molecule has 0 unspecified atom stereocenters. The van der Waals surface area contributed by atoms with Crippen molar-refractivity contribution in [3.8, 4) is 6.01 Å². The Morgan fingerprint density at radius 1 is 1.07 bits per heavy atom. The number of hydrogen-bond acceptors (Lipinski definition) is 6. The first kappa shape index (κ1) is 20.6. The summed E-state index contributed by atoms with van der Waals surface area (Å²) < 4.78 is 5.60. The number of fused-ring (bicyclic) bond motifs is 1. The molecular formula is C23H32N6O. The fourth-order valence-corrected chi connectivity index (χ4v) is 3.95. The van der Waals surface area contributed by atoms with Crippen molar-refractivity contribution in [1.29, 1.82) is 0 Å². The average molecular weight is 409 g/mol. The van der Waals surface area contributed by atoms with Crippen molar-refractivity contribution in [1.82, 2.24) is 24.8 Å². The number of ether oxygens (including phenoxy) is 1. The van der Waals surface area contributed by atoms with Crippen molar-refractivity contribution in [3.63, 3.8) is 0 Å². The van der Waals surface area contributed by atoms with Crippen molar-refractivity contribution in [2.24, 2.45) is 0 Å². The van der Waals surface area contributed by atoms with Crippen LogP contribution >= 0.6 is 0 Å². The smallest absolute Gasteiger partial charge is 0.319 e. The Balaban J connectivity index is 1.45. The van der Waals surface area contributed by atoms with Crippen LogP contribution in [0.2, 0.25) is 0 Å². The number of H-pyrrole nitrogens is 1. The number of likely N-dealkylation sites (N-methyl/N-ethyl adjacent to an activating group) is 1. The minimum Gasteiger partial charge on any atom is -0.463 e. The fraction of sp³-hybridized carbons (Fsp3) is 0.478. The van der Waals surface area contributed by atoms with Gasteiger partial charge in [-0.1, -0.05) is 31.2 Å². The molecule has 0 saturated carbocycles. The number of rotatable bonds is 7. The lowest BCUT2D eigenvalue weighted by Gasteiger charge is -2.20. The lowest BCUT2D eigenvalue weighted by molar-refractivity contribution is 0.269. The van der Waals surface area contributed by atoms with Crippen molar-refractivity contribution in [3.05, 3.63) is 47.2 Å². The molecule has 3 N–H and O–H groups in total. The number of benzene rings is 1. The molecule has 0 bridgehead atoms. The number of aromatic amines is 1. The number of anilines is 1. The van der Waals surface area contributed by atoms with E-state index >= 15 is 0 Å². The Morgan fingerprint density at radius 3 is 2.67 bits per heavy atom. The zero-order valence-electron chi connectivity index (χ0n) is 18.0. The summed E-state index contributed by atoms with van der Waals surface area (Å²) in [5, 5.41) is 0. The van der Waals surface area contributed by atoms with Gasteiger partial charge in [-0.25, -0.2) is 0 Å². The van der Waals surface area contributed by atoms with Crippen LogP contribution in [0.25, 0.3) is 11.0 Å². The summed E-state index contributed by atoms with van der Waals surface area (Å²) in [4.78, 5) is 17.0. The van der Waals surface area contributed by atoms with Crippen molar-refractivity contribution in [2.45, 2.75) is 32.7 Å². The predicted molar refractivity (Wildman–Crippen MR) is 121 cm³/mol. The molecule has 1 aliphatic heterocycles. The molecular weight excluding hydrogens is 376 g/mol. The SMILES string of the molecule is CCCOc1nc(N)c2[nH]cc(Cc3ccc(CN4CCCN(C)CC4)cc3)c2n1. The van der Waals surface area contributed by atoms with Gasteiger partial charge in [0.05, 0.1) is 6.61 Å². The van der Waals surface area contributed by atoms with Gasteiger partial charge >= 0.3 is 6.01 Å². The van der Waals surface area contributed by atoms with E-state index in [2.05, 4.69) is 63.0 Å². The van der Waals surface area contributed by atoms with Crippen LogP contribution in [-0.2, 0) is 13.0 Å². The van der Waals surface area contributed by atoms with E-state index in [-0.39, 0.29) is 0 Å². The maximum absolute atomic E-state index is 6.09. The van der Waals surface area contributed by atoms with E-state index in [9.17, 15) is 0 Å². The standard InChI is InChI=1S/C23H32N6O/c1-3-13-30-23-26-20-19(15-25-21(20)22(24)27-23)14-17-5-7-18(8-6-17)16-29-10-4-9-28(2)11-12-29/h5-8,15,25H,3-4,9-14,16H2,1-2H3,(H2,24,26,27). The zero-order valence-corrected chi connectivity index (χ0v) is 18.0. The molecule has 160 valence electrons. The average Bonchev–Trinajstić information content (AvgIpc) is 3.03. The molecule has 0 amide bonds. The molecule has 1 saturated heterocycles. The maximum Gasteiger partial charge on any atom is 0.319 e. The normalized spacial score (nSPS) is 16.1. The molecule has 0 atom stereocenters. The lowest BCUT2D eigenvalue weighted by Crippen LogP contribution is -2.28. The van der Waals surface area contributed by atoms with Crippen LogP contribution in [-0.4, -0.2) is 64.6 Å². The lowest BCUT2D eigenvalue weighted by atomic mass is 10.0. The number of nitrogens with two attached hydrogens (primary N) is 1. The fourth-order valence-electron chi connectivity index (χ4n) is 3.95. The summed E-state index contributed by atoms with van der Waals surface area (Å²) in [6, 6.07) is 9.28. The van der Waals surface area contributed by atoms with E-state index in [4.69, 9.17) is 10.5 Å². The van der Waals surface area contributed by atoms with Crippen LogP contribution < -0.4 is 10.5 Å². The van der Waals surface area contributed by atoms with E-state index in [1.807, 2.05) is 6.20 Å². The van der Waals surface area contributed by atoms with Gasteiger partial charge in [0.2, 0.25) is 0 Å². The first-order valence-corrected chi connectivity index (χ1v) is 10.9. The van der Waals surface area contributed by atoms with Crippen LogP contribution in [0.1, 0.15) is 36.5 Å². The van der Waals surface area contributed by atoms with Crippen LogP contribution in [0.5, 0.6) is 6.01 Å². The summed E-state index contributed by atoms with van der Waals surface area (Å²) in [5.41, 5.74) is 11.4. The highest BCUT2D eigenvalue weighted by Gasteiger charge is 2.14. The third kappa shape index (κ3) is 4.91. The summed E-state index contributed by atoms with van der Waals surface area (Å²) in [7, 11) is 2.21. The van der Waals surface area contributed by atoms with Gasteiger partial charge in [0.1, 0.15) is 11.0 Å². The molecule has 1 aliphatic rings. The van der Waals surface area contributed by atoms with Gasteiger partial charge < -0.3 is 20.4 Å². The highest BCUT2D eigenvalue weighted by atomic mass is 16.5. The third-order valence-corrected chi connectivity index (χ3v) is 5.68. The number of nitrogens with zero attached hydrogens (tertiary/aromatic N) is 4. The first-order valence-electron chi connectivity index (χ1n) is 10.9. The van der Waals surface area contributed by atoms with Gasteiger partial charge in [-0.05, 0) is 44.1 Å². The number of nitrogens with one attached hydrogen (secondary N) is 1. The third-order valence-electron chi connectivity index (χ3n) is 5.68. The van der Waals surface area contributed by atoms with E-state index in [1.165, 1.54) is 30.6 Å². The predicted octanol–water partition coefficient (Wildman–Crippen LogP) is 3.06. The van der Waals surface area contributed by atoms with Gasteiger partial charge in [0.25, 0.3) is 0 Å². The summed E-state index contributed by atoms with van der Waals surface area (Å²) >= 11 is 0. The van der Waals surface area contributed by atoms with Gasteiger partial charge in [-0.3, -0.25) is 4.90 Å². The molecule has 4 rings (SSSR count). The molecule has 1 aromatic carbocycles. The molecule has 7 heteroatoms. The minimum atomic E-state index is 0.348. The summed E-state index contributed by atoms with van der Waals surface area (Å²) in [5.74, 6) is 0.427. The Hall–Kier alpha value is -2.64. The topological polar surface area (TPSA) is 83.3 Å². The molecule has 3 heterocycles. The Morgan fingerprint density at radius 2 is 1.87 bits per heavy atom. The van der Waals surface area contributed by atoms with Crippen LogP contribution in [0, 0.1) is 0 Å². The number of aromatic nitrogens is 3. The van der Waals surface area contributed by atoms with Crippen molar-refractivity contribution < 1.29 is 4.74 Å². The second-order valence-corrected chi connectivity index (χ2v) is 8.20. The Kier molecular flexibility index (Phi) is 6.50. The largest absolute Gasteiger partial charge is 0.463 e. The van der Waals surface area contributed by atoms with Gasteiger partial charge in [-0.2, -0.15) is 9.97 Å². The van der Waals surface area contributed by atoms with Crippen LogP contribution in [0.3, 0.4) is 0 Å². The van der Waals surface area contributed by atoms with Crippen LogP contribution in [0.4, 0.5) is 5.82 Å². The highest BCUT2D eigenvalue weighted by Crippen LogP contribution is 2.25. The Bertz CT molecular complexity index is 968. The van der Waals surface area contributed by atoms with E-state index in [0.717, 1.165) is 49.1 Å². The molecule has 2 aromatic heterocycles. The zero-order chi connectivity index (χ0) is 20.9. The molecule has 30 heavy (non-hydrogen) atoms. The molecule has 7 nitrogen and oxygen atoms in total. The first-order chi connectivity index (χ1) is 14.6. The van der Waals surface area contributed by atoms with E-state index in [1.54, 1.807) is 0 Å². The highest BCUT2D eigenvalue weighted by molar-refractivity contribution is 5.87. The van der Waals surface area contributed by atoms with E-state index in [0.29, 0.717) is 18.4 Å². The van der Waals surface area contributed by atoms with Gasteiger partial charge in [0.15, 0.2) is 5.82 Å². The Labute approximate surface area is 178 Å². The van der Waals surface area contributed by atoms with Gasteiger partial charge in [0, 0.05) is 37.8 Å². The molecule has 1 fully saturated rings. The quantitative estimate of drug-likeness (QED) is 0.625. The molecule has 3 aromatic rings. The van der Waals surface area contributed by atoms with E-state index < -0.39 is 0 Å². The number of hydrogen-bond donors (Lipinski definition) is 2. The van der Waals surface area contributed by atoms with Crippen molar-refractivity contribution >= 4 is 16.9 Å². The second-order valence-electron chi connectivity index (χ2n) is 8.20. The molecule has 0 spiro atoms.